The number of nitrogens with one attached hydrogen (secondary N) is 1. The first kappa shape index (κ1) is 22.9. The van der Waals surface area contributed by atoms with Crippen LogP contribution < -0.4 is 9.80 Å². The van der Waals surface area contributed by atoms with Crippen LogP contribution in [-0.4, -0.2) is 51.6 Å². The normalized spacial score (nSPS) is 17.7. The molecule has 2 aliphatic heterocycles. The van der Waals surface area contributed by atoms with Crippen LogP contribution in [0.4, 0.5) is 11.8 Å². The SMILES string of the molecule is Cc1noc(C)c1-c1ccc2nc(N3CCc4[nH]ncc4C3)nc(N3CCOCC3c3ccccc3)c2c1. The van der Waals surface area contributed by atoms with Crippen molar-refractivity contribution < 1.29 is 9.26 Å². The van der Waals surface area contributed by atoms with Crippen molar-refractivity contribution in [3.63, 3.8) is 0 Å². The van der Waals surface area contributed by atoms with Gasteiger partial charge in [-0.2, -0.15) is 10.1 Å². The maximum absolute atomic E-state index is 5.96. The predicted molar refractivity (Wildman–Crippen MR) is 145 cm³/mol. The van der Waals surface area contributed by atoms with E-state index in [1.165, 1.54) is 16.8 Å². The molecule has 9 nitrogen and oxygen atoms in total. The Kier molecular flexibility index (Phi) is 5.58. The van der Waals surface area contributed by atoms with Crippen molar-refractivity contribution in [2.45, 2.75) is 32.9 Å². The average molecular weight is 508 g/mol. The smallest absolute Gasteiger partial charge is 0.228 e. The summed E-state index contributed by atoms with van der Waals surface area (Å²) in [5, 5.41) is 12.5. The Morgan fingerprint density at radius 3 is 2.76 bits per heavy atom. The fourth-order valence-corrected chi connectivity index (χ4v) is 5.71. The van der Waals surface area contributed by atoms with Crippen molar-refractivity contribution in [1.29, 1.82) is 0 Å². The van der Waals surface area contributed by atoms with Gasteiger partial charge in [0.05, 0.1) is 36.7 Å². The van der Waals surface area contributed by atoms with Gasteiger partial charge in [0.2, 0.25) is 5.95 Å². The highest BCUT2D eigenvalue weighted by Crippen LogP contribution is 2.38. The zero-order chi connectivity index (χ0) is 25.6. The van der Waals surface area contributed by atoms with Gasteiger partial charge in [-0.3, -0.25) is 5.10 Å². The molecule has 38 heavy (non-hydrogen) atoms. The molecule has 5 heterocycles. The summed E-state index contributed by atoms with van der Waals surface area (Å²) in [7, 11) is 0. The third-order valence-corrected chi connectivity index (χ3v) is 7.65. The number of benzene rings is 2. The first-order chi connectivity index (χ1) is 18.7. The van der Waals surface area contributed by atoms with Crippen molar-refractivity contribution in [1.82, 2.24) is 25.3 Å². The van der Waals surface area contributed by atoms with Crippen LogP contribution in [-0.2, 0) is 17.7 Å². The molecule has 0 amide bonds. The van der Waals surface area contributed by atoms with Crippen LogP contribution in [0.15, 0.2) is 59.3 Å². The van der Waals surface area contributed by atoms with Gasteiger partial charge in [-0.25, -0.2) is 4.98 Å². The van der Waals surface area contributed by atoms with E-state index in [4.69, 9.17) is 19.2 Å². The van der Waals surface area contributed by atoms with E-state index >= 15 is 0 Å². The first-order valence-electron chi connectivity index (χ1n) is 13.1. The number of aromatic amines is 1. The van der Waals surface area contributed by atoms with Gasteiger partial charge >= 0.3 is 0 Å². The van der Waals surface area contributed by atoms with Crippen molar-refractivity contribution >= 4 is 22.7 Å². The van der Waals surface area contributed by atoms with Gasteiger partial charge in [0.1, 0.15) is 11.6 Å². The van der Waals surface area contributed by atoms with Gasteiger partial charge < -0.3 is 19.1 Å². The molecular weight excluding hydrogens is 478 g/mol. The molecule has 5 aromatic rings. The number of anilines is 2. The molecule has 1 unspecified atom stereocenters. The molecule has 1 fully saturated rings. The molecule has 0 bridgehead atoms. The Bertz CT molecular complexity index is 1590. The third kappa shape index (κ3) is 3.90. The second-order valence-corrected chi connectivity index (χ2v) is 10.0. The second kappa shape index (κ2) is 9.25. The number of fused-ring (bicyclic) bond motifs is 2. The number of hydrogen-bond donors (Lipinski definition) is 1. The van der Waals surface area contributed by atoms with Gasteiger partial charge in [0.25, 0.3) is 0 Å². The minimum absolute atomic E-state index is 0.0560. The Balaban J connectivity index is 1.39. The summed E-state index contributed by atoms with van der Waals surface area (Å²) in [5.41, 5.74) is 7.47. The average Bonchev–Trinajstić information content (AvgIpc) is 3.57. The summed E-state index contributed by atoms with van der Waals surface area (Å²) in [4.78, 5) is 15.0. The summed E-state index contributed by atoms with van der Waals surface area (Å²) in [6, 6.07) is 17.0. The molecule has 0 aliphatic carbocycles. The lowest BCUT2D eigenvalue weighted by molar-refractivity contribution is 0.0939. The minimum atomic E-state index is 0.0560. The van der Waals surface area contributed by atoms with Crippen LogP contribution in [0.25, 0.3) is 22.0 Å². The quantitative estimate of drug-likeness (QED) is 0.372. The van der Waals surface area contributed by atoms with Gasteiger partial charge in [0.15, 0.2) is 0 Å². The number of H-pyrrole nitrogens is 1. The molecule has 2 aliphatic rings. The third-order valence-electron chi connectivity index (χ3n) is 7.65. The summed E-state index contributed by atoms with van der Waals surface area (Å²) >= 11 is 0. The standard InChI is InChI=1S/C29H29N7O2/c1-18-27(19(2)38-34-18)21-8-9-25-23(14-21)28(36-12-13-37-17-26(36)20-6-4-3-5-7-20)32-29(31-25)35-11-10-24-22(16-35)15-30-33-24/h3-9,14-15,26H,10-13,16-17H2,1-2H3,(H,30,33). The van der Waals surface area contributed by atoms with Crippen molar-refractivity contribution in [3.05, 3.63) is 83.0 Å². The number of hydrogen-bond acceptors (Lipinski definition) is 8. The summed E-state index contributed by atoms with van der Waals surface area (Å²) in [6.45, 7) is 7.50. The maximum Gasteiger partial charge on any atom is 0.228 e. The molecule has 1 atom stereocenters. The van der Waals surface area contributed by atoms with Crippen LogP contribution in [0.1, 0.15) is 34.3 Å². The van der Waals surface area contributed by atoms with Crippen LogP contribution in [0, 0.1) is 13.8 Å². The number of nitrogens with zero attached hydrogens (tertiary/aromatic N) is 6. The highest BCUT2D eigenvalue weighted by atomic mass is 16.5. The van der Waals surface area contributed by atoms with Gasteiger partial charge in [-0.1, -0.05) is 41.6 Å². The molecule has 3 aromatic heterocycles. The second-order valence-electron chi connectivity index (χ2n) is 10.0. The van der Waals surface area contributed by atoms with Crippen LogP contribution in [0.5, 0.6) is 0 Å². The molecule has 2 aromatic carbocycles. The zero-order valence-corrected chi connectivity index (χ0v) is 21.5. The van der Waals surface area contributed by atoms with E-state index in [1.54, 1.807) is 0 Å². The number of morpholine rings is 1. The van der Waals surface area contributed by atoms with Gasteiger partial charge in [-0.05, 0) is 37.1 Å². The number of aryl methyl sites for hydroxylation is 2. The maximum atomic E-state index is 5.96. The van der Waals surface area contributed by atoms with E-state index < -0.39 is 0 Å². The zero-order valence-electron chi connectivity index (χ0n) is 21.5. The summed E-state index contributed by atoms with van der Waals surface area (Å²) in [5.74, 6) is 2.47. The number of ether oxygens (including phenoxy) is 1. The molecule has 0 saturated carbocycles. The summed E-state index contributed by atoms with van der Waals surface area (Å²) < 4.78 is 11.4. The molecule has 0 radical (unpaired) electrons. The van der Waals surface area contributed by atoms with Crippen LogP contribution >= 0.6 is 0 Å². The number of rotatable bonds is 4. The lowest BCUT2D eigenvalue weighted by Gasteiger charge is -2.38. The topological polar surface area (TPSA) is 96.2 Å². The Hall–Kier alpha value is -4.24. The first-order valence-corrected chi connectivity index (χ1v) is 13.1. The fraction of sp³-hybridized carbons (Fsp3) is 0.310. The van der Waals surface area contributed by atoms with Gasteiger partial charge in [0, 0.05) is 48.3 Å². The predicted octanol–water partition coefficient (Wildman–Crippen LogP) is 4.77. The van der Waals surface area contributed by atoms with Crippen LogP contribution in [0.2, 0.25) is 0 Å². The highest BCUT2D eigenvalue weighted by molar-refractivity contribution is 5.94. The summed E-state index contributed by atoms with van der Waals surface area (Å²) in [6.07, 6.45) is 2.80. The fourth-order valence-electron chi connectivity index (χ4n) is 5.71. The number of aromatic nitrogens is 5. The van der Waals surface area contributed by atoms with E-state index in [0.717, 1.165) is 71.3 Å². The van der Waals surface area contributed by atoms with Crippen LogP contribution in [0.3, 0.4) is 0 Å². The lowest BCUT2D eigenvalue weighted by Crippen LogP contribution is -2.40. The molecule has 0 spiro atoms. The van der Waals surface area contributed by atoms with E-state index in [2.05, 4.69) is 67.6 Å². The molecule has 1 saturated heterocycles. The van der Waals surface area contributed by atoms with Gasteiger partial charge in [-0.15, -0.1) is 0 Å². The molecule has 192 valence electrons. The molecule has 7 rings (SSSR count). The minimum Gasteiger partial charge on any atom is -0.377 e. The molecule has 1 N–H and O–H groups in total. The van der Waals surface area contributed by atoms with E-state index in [0.29, 0.717) is 13.2 Å². The molecule has 9 heteroatoms. The van der Waals surface area contributed by atoms with E-state index in [1.807, 2.05) is 26.1 Å². The van der Waals surface area contributed by atoms with E-state index in [9.17, 15) is 0 Å². The lowest BCUT2D eigenvalue weighted by atomic mass is 10.0. The van der Waals surface area contributed by atoms with E-state index in [-0.39, 0.29) is 6.04 Å². The Morgan fingerprint density at radius 2 is 1.92 bits per heavy atom. The molecular formula is C29H29N7O2. The van der Waals surface area contributed by atoms with Crippen molar-refractivity contribution in [3.8, 4) is 11.1 Å². The van der Waals surface area contributed by atoms with Crippen molar-refractivity contribution in [2.24, 2.45) is 0 Å². The monoisotopic (exact) mass is 507 g/mol. The van der Waals surface area contributed by atoms with Crippen molar-refractivity contribution in [2.75, 3.05) is 36.1 Å². The Morgan fingerprint density at radius 1 is 1.03 bits per heavy atom. The largest absolute Gasteiger partial charge is 0.377 e. The highest BCUT2D eigenvalue weighted by Gasteiger charge is 2.29. The Labute approximate surface area is 220 Å².